The second kappa shape index (κ2) is 4.51. The van der Waals surface area contributed by atoms with Crippen LogP contribution in [-0.4, -0.2) is 20.1 Å². The number of hydrogen-bond acceptors (Lipinski definition) is 4. The predicted octanol–water partition coefficient (Wildman–Crippen LogP) is 2.19. The lowest BCUT2D eigenvalue weighted by Crippen LogP contribution is -2.07. The summed E-state index contributed by atoms with van der Waals surface area (Å²) in [5.74, 6) is 0.0392. The van der Waals surface area contributed by atoms with Crippen LogP contribution in [0.25, 0.3) is 0 Å². The Morgan fingerprint density at radius 3 is 2.60 bits per heavy atom. The monoisotopic (exact) mass is 294 g/mol. The first-order valence-electron chi connectivity index (χ1n) is 4.27. The molecule has 0 aliphatic heterocycles. The molecule has 0 atom stereocenters. The van der Waals surface area contributed by atoms with Crippen molar-refractivity contribution in [1.82, 2.24) is 0 Å². The van der Waals surface area contributed by atoms with Crippen molar-refractivity contribution in [2.45, 2.75) is 18.7 Å². The van der Waals surface area contributed by atoms with Crippen molar-refractivity contribution in [1.29, 1.82) is 0 Å². The van der Waals surface area contributed by atoms with Crippen molar-refractivity contribution >= 4 is 26.0 Å². The standard InChI is InChI=1S/C9H11BrO4S/c1-3-14-15(12,13)9-4-6(2)8(11)5-7(9)10/h4-5,11H,3H2,1-2H3. The van der Waals surface area contributed by atoms with Gasteiger partial charge in [0, 0.05) is 4.47 Å². The summed E-state index contributed by atoms with van der Waals surface area (Å²) in [5.41, 5.74) is 0.483. The zero-order valence-corrected chi connectivity index (χ0v) is 10.7. The van der Waals surface area contributed by atoms with Crippen LogP contribution in [0, 0.1) is 6.92 Å². The van der Waals surface area contributed by atoms with Gasteiger partial charge in [0.05, 0.1) is 6.61 Å². The van der Waals surface area contributed by atoms with E-state index in [9.17, 15) is 13.5 Å². The summed E-state index contributed by atoms with van der Waals surface area (Å²) < 4.78 is 28.1. The topological polar surface area (TPSA) is 63.6 Å². The molecule has 0 fully saturated rings. The van der Waals surface area contributed by atoms with Crippen LogP contribution in [0.5, 0.6) is 5.75 Å². The van der Waals surface area contributed by atoms with E-state index < -0.39 is 10.1 Å². The van der Waals surface area contributed by atoms with Crippen LogP contribution in [0.3, 0.4) is 0 Å². The predicted molar refractivity (Wildman–Crippen MR) is 59.4 cm³/mol. The largest absolute Gasteiger partial charge is 0.508 e. The van der Waals surface area contributed by atoms with Crippen molar-refractivity contribution in [3.05, 3.63) is 22.2 Å². The van der Waals surface area contributed by atoms with E-state index in [-0.39, 0.29) is 17.3 Å². The van der Waals surface area contributed by atoms with Gasteiger partial charge in [-0.2, -0.15) is 8.42 Å². The molecule has 1 rings (SSSR count). The fraction of sp³-hybridized carbons (Fsp3) is 0.333. The van der Waals surface area contributed by atoms with Crippen LogP contribution in [0.2, 0.25) is 0 Å². The fourth-order valence-corrected chi connectivity index (χ4v) is 3.04. The molecular formula is C9H11BrO4S. The van der Waals surface area contributed by atoms with Gasteiger partial charge in [-0.15, -0.1) is 0 Å². The van der Waals surface area contributed by atoms with Gasteiger partial charge in [0.2, 0.25) is 0 Å². The molecule has 0 spiro atoms. The molecule has 0 saturated heterocycles. The molecule has 0 unspecified atom stereocenters. The van der Waals surface area contributed by atoms with Crippen LogP contribution in [0.1, 0.15) is 12.5 Å². The van der Waals surface area contributed by atoms with Crippen LogP contribution in [-0.2, 0) is 14.3 Å². The van der Waals surface area contributed by atoms with Crippen LogP contribution < -0.4 is 0 Å². The third-order valence-electron chi connectivity index (χ3n) is 1.79. The van der Waals surface area contributed by atoms with Gasteiger partial charge >= 0.3 is 0 Å². The van der Waals surface area contributed by atoms with Crippen molar-refractivity contribution in [3.63, 3.8) is 0 Å². The second-order valence-electron chi connectivity index (χ2n) is 2.93. The zero-order valence-electron chi connectivity index (χ0n) is 8.32. The summed E-state index contributed by atoms with van der Waals surface area (Å²) in [5, 5.41) is 9.35. The zero-order chi connectivity index (χ0) is 11.6. The molecule has 0 aromatic heterocycles. The Labute approximate surface area is 97.1 Å². The first-order chi connectivity index (χ1) is 6.88. The number of aromatic hydroxyl groups is 1. The van der Waals surface area contributed by atoms with E-state index in [0.717, 1.165) is 0 Å². The maximum absolute atomic E-state index is 11.6. The molecule has 0 saturated carbocycles. The highest BCUT2D eigenvalue weighted by molar-refractivity contribution is 9.10. The van der Waals surface area contributed by atoms with Gasteiger partial charge in [-0.25, -0.2) is 0 Å². The Bertz CT molecular complexity index is 467. The fourth-order valence-electron chi connectivity index (χ4n) is 1.05. The van der Waals surface area contributed by atoms with Crippen molar-refractivity contribution < 1.29 is 17.7 Å². The Hall–Kier alpha value is -0.590. The quantitative estimate of drug-likeness (QED) is 0.868. The molecule has 1 aromatic carbocycles. The van der Waals surface area contributed by atoms with Gasteiger partial charge in [0.15, 0.2) is 0 Å². The molecule has 4 nitrogen and oxygen atoms in total. The molecule has 1 N–H and O–H groups in total. The molecule has 6 heteroatoms. The van der Waals surface area contributed by atoms with Crippen molar-refractivity contribution in [2.24, 2.45) is 0 Å². The molecule has 0 aliphatic carbocycles. The third-order valence-corrected chi connectivity index (χ3v) is 4.13. The number of aryl methyl sites for hydroxylation is 1. The summed E-state index contributed by atoms with van der Waals surface area (Å²) in [6.07, 6.45) is 0. The Morgan fingerprint density at radius 1 is 1.47 bits per heavy atom. The normalized spacial score (nSPS) is 11.7. The Balaban J connectivity index is 3.33. The molecular weight excluding hydrogens is 284 g/mol. The molecule has 1 aromatic rings. The number of benzene rings is 1. The molecule has 0 radical (unpaired) electrons. The van der Waals surface area contributed by atoms with E-state index in [4.69, 9.17) is 0 Å². The highest BCUT2D eigenvalue weighted by atomic mass is 79.9. The van der Waals surface area contributed by atoms with E-state index in [1.165, 1.54) is 12.1 Å². The number of hydrogen-bond donors (Lipinski definition) is 1. The van der Waals surface area contributed by atoms with Crippen LogP contribution >= 0.6 is 15.9 Å². The smallest absolute Gasteiger partial charge is 0.298 e. The minimum absolute atomic E-state index is 0.0275. The van der Waals surface area contributed by atoms with Gasteiger partial charge in [0.25, 0.3) is 10.1 Å². The summed E-state index contributed by atoms with van der Waals surface area (Å²) in [6.45, 7) is 3.29. The average Bonchev–Trinajstić information content (AvgIpc) is 2.11. The lowest BCUT2D eigenvalue weighted by Gasteiger charge is -2.07. The first-order valence-corrected chi connectivity index (χ1v) is 6.47. The number of rotatable bonds is 3. The molecule has 0 amide bonds. The SMILES string of the molecule is CCOS(=O)(=O)c1cc(C)c(O)cc1Br. The maximum atomic E-state index is 11.6. The lowest BCUT2D eigenvalue weighted by atomic mass is 10.2. The number of halogens is 1. The Kier molecular flexibility index (Phi) is 3.75. The minimum Gasteiger partial charge on any atom is -0.508 e. The highest BCUT2D eigenvalue weighted by Gasteiger charge is 2.19. The lowest BCUT2D eigenvalue weighted by molar-refractivity contribution is 0.337. The number of phenols is 1. The molecule has 84 valence electrons. The third kappa shape index (κ3) is 2.70. The van der Waals surface area contributed by atoms with E-state index in [2.05, 4.69) is 20.1 Å². The van der Waals surface area contributed by atoms with Crippen molar-refractivity contribution in [2.75, 3.05) is 6.61 Å². The van der Waals surface area contributed by atoms with E-state index in [1.54, 1.807) is 13.8 Å². The second-order valence-corrected chi connectivity index (χ2v) is 5.37. The summed E-state index contributed by atoms with van der Waals surface area (Å²) in [7, 11) is -3.74. The van der Waals surface area contributed by atoms with Gasteiger partial charge < -0.3 is 5.11 Å². The summed E-state index contributed by atoms with van der Waals surface area (Å²) >= 11 is 3.07. The Morgan fingerprint density at radius 2 is 2.07 bits per heavy atom. The van der Waals surface area contributed by atoms with Crippen molar-refractivity contribution in [3.8, 4) is 5.75 Å². The number of phenolic OH excluding ortho intramolecular Hbond substituents is 1. The van der Waals surface area contributed by atoms with E-state index in [1.807, 2.05) is 0 Å². The van der Waals surface area contributed by atoms with Gasteiger partial charge in [-0.05, 0) is 47.5 Å². The summed E-state index contributed by atoms with van der Waals surface area (Å²) in [6, 6.07) is 2.70. The summed E-state index contributed by atoms with van der Waals surface area (Å²) in [4.78, 5) is 0.0275. The molecule has 0 bridgehead atoms. The van der Waals surface area contributed by atoms with Gasteiger partial charge in [0.1, 0.15) is 10.6 Å². The molecule has 0 heterocycles. The highest BCUT2D eigenvalue weighted by Crippen LogP contribution is 2.30. The molecule has 0 aliphatic rings. The first kappa shape index (κ1) is 12.5. The average molecular weight is 295 g/mol. The van der Waals surface area contributed by atoms with E-state index >= 15 is 0 Å². The van der Waals surface area contributed by atoms with Crippen LogP contribution in [0.4, 0.5) is 0 Å². The molecule has 15 heavy (non-hydrogen) atoms. The maximum Gasteiger partial charge on any atom is 0.298 e. The van der Waals surface area contributed by atoms with Gasteiger partial charge in [-0.3, -0.25) is 4.18 Å². The minimum atomic E-state index is -3.74. The van der Waals surface area contributed by atoms with E-state index in [0.29, 0.717) is 10.0 Å². The van der Waals surface area contributed by atoms with Gasteiger partial charge in [-0.1, -0.05) is 0 Å². The van der Waals surface area contributed by atoms with Crippen LogP contribution in [0.15, 0.2) is 21.5 Å².